The minimum Gasteiger partial charge on any atom is -0.384 e. The SMILES string of the molecule is O=C(c1ccccc1)c1cc(Cl)ccc1NCCI. The number of carbonyl (C=O) groups is 1. The molecule has 0 aromatic heterocycles. The highest BCUT2D eigenvalue weighted by Crippen LogP contribution is 2.23. The molecule has 2 rings (SSSR count). The first-order valence-corrected chi connectivity index (χ1v) is 7.82. The fourth-order valence-electron chi connectivity index (χ4n) is 1.79. The molecule has 19 heavy (non-hydrogen) atoms. The lowest BCUT2D eigenvalue weighted by atomic mass is 10.0. The Hall–Kier alpha value is -1.07. The predicted molar refractivity (Wildman–Crippen MR) is 88.7 cm³/mol. The van der Waals surface area contributed by atoms with Crippen LogP contribution in [0.2, 0.25) is 5.02 Å². The van der Waals surface area contributed by atoms with Crippen LogP contribution in [0.1, 0.15) is 15.9 Å². The lowest BCUT2D eigenvalue weighted by molar-refractivity contribution is 0.103. The van der Waals surface area contributed by atoms with E-state index in [2.05, 4.69) is 27.9 Å². The van der Waals surface area contributed by atoms with Gasteiger partial charge in [-0.25, -0.2) is 0 Å². The lowest BCUT2D eigenvalue weighted by Gasteiger charge is -2.11. The van der Waals surface area contributed by atoms with Crippen molar-refractivity contribution in [3.05, 3.63) is 64.7 Å². The van der Waals surface area contributed by atoms with Crippen LogP contribution in [0.3, 0.4) is 0 Å². The first kappa shape index (κ1) is 14.3. The van der Waals surface area contributed by atoms with Crippen molar-refractivity contribution in [1.29, 1.82) is 0 Å². The molecule has 2 aromatic carbocycles. The van der Waals surface area contributed by atoms with Crippen LogP contribution in [0, 0.1) is 0 Å². The molecule has 0 spiro atoms. The van der Waals surface area contributed by atoms with Gasteiger partial charge in [0.2, 0.25) is 0 Å². The molecule has 0 bridgehead atoms. The Morgan fingerprint density at radius 1 is 1.16 bits per heavy atom. The molecular formula is C15H13ClINO. The molecule has 2 nitrogen and oxygen atoms in total. The molecule has 0 fully saturated rings. The number of hydrogen-bond donors (Lipinski definition) is 1. The Labute approximate surface area is 131 Å². The fraction of sp³-hybridized carbons (Fsp3) is 0.133. The first-order valence-electron chi connectivity index (χ1n) is 5.91. The van der Waals surface area contributed by atoms with Crippen molar-refractivity contribution in [3.8, 4) is 0 Å². The average molecular weight is 386 g/mol. The molecule has 0 radical (unpaired) electrons. The molecule has 0 atom stereocenters. The Morgan fingerprint density at radius 3 is 2.58 bits per heavy atom. The highest BCUT2D eigenvalue weighted by atomic mass is 127. The molecule has 0 amide bonds. The van der Waals surface area contributed by atoms with Crippen molar-refractivity contribution in [2.24, 2.45) is 0 Å². The quantitative estimate of drug-likeness (QED) is 0.469. The summed E-state index contributed by atoms with van der Waals surface area (Å²) in [5, 5.41) is 3.82. The first-order chi connectivity index (χ1) is 9.22. The Bertz CT molecular complexity index is 572. The number of ketones is 1. The van der Waals surface area contributed by atoms with Gasteiger partial charge in [0.25, 0.3) is 0 Å². The third-order valence-electron chi connectivity index (χ3n) is 2.67. The maximum atomic E-state index is 12.5. The summed E-state index contributed by atoms with van der Waals surface area (Å²) in [5.74, 6) is -0.0148. The highest BCUT2D eigenvalue weighted by molar-refractivity contribution is 14.1. The van der Waals surface area contributed by atoms with Gasteiger partial charge in [0.05, 0.1) is 0 Å². The third-order valence-corrected chi connectivity index (χ3v) is 3.45. The van der Waals surface area contributed by atoms with E-state index in [4.69, 9.17) is 11.6 Å². The summed E-state index contributed by atoms with van der Waals surface area (Å²) in [6.07, 6.45) is 0. The van der Waals surface area contributed by atoms with Crippen molar-refractivity contribution in [2.75, 3.05) is 16.3 Å². The zero-order chi connectivity index (χ0) is 13.7. The van der Waals surface area contributed by atoms with Crippen molar-refractivity contribution in [1.82, 2.24) is 0 Å². The van der Waals surface area contributed by atoms with Gasteiger partial charge in [-0.1, -0.05) is 64.5 Å². The van der Waals surface area contributed by atoms with Gasteiger partial charge in [-0.05, 0) is 18.2 Å². The smallest absolute Gasteiger partial charge is 0.195 e. The van der Waals surface area contributed by atoms with Gasteiger partial charge >= 0.3 is 0 Å². The Morgan fingerprint density at radius 2 is 1.89 bits per heavy atom. The number of carbonyl (C=O) groups excluding carboxylic acids is 1. The van der Waals surface area contributed by atoms with Gasteiger partial charge in [0.15, 0.2) is 5.78 Å². The van der Waals surface area contributed by atoms with E-state index in [0.717, 1.165) is 16.7 Å². The van der Waals surface area contributed by atoms with Crippen molar-refractivity contribution in [3.63, 3.8) is 0 Å². The van der Waals surface area contributed by atoms with Crippen LogP contribution in [0.4, 0.5) is 5.69 Å². The van der Waals surface area contributed by atoms with Gasteiger partial charge < -0.3 is 5.32 Å². The van der Waals surface area contributed by atoms with E-state index in [0.29, 0.717) is 16.1 Å². The minimum atomic E-state index is -0.0148. The highest BCUT2D eigenvalue weighted by Gasteiger charge is 2.13. The maximum absolute atomic E-state index is 12.5. The van der Waals surface area contributed by atoms with E-state index in [1.807, 2.05) is 36.4 Å². The van der Waals surface area contributed by atoms with Gasteiger partial charge in [-0.3, -0.25) is 4.79 Å². The number of halogens is 2. The minimum absolute atomic E-state index is 0.0148. The van der Waals surface area contributed by atoms with Gasteiger partial charge in [0, 0.05) is 32.8 Å². The molecule has 0 aliphatic rings. The van der Waals surface area contributed by atoms with E-state index in [1.54, 1.807) is 12.1 Å². The number of alkyl halides is 1. The van der Waals surface area contributed by atoms with Crippen LogP contribution in [0.15, 0.2) is 48.5 Å². The summed E-state index contributed by atoms with van der Waals surface area (Å²) >= 11 is 8.29. The van der Waals surface area contributed by atoms with Gasteiger partial charge in [0.1, 0.15) is 0 Å². The maximum Gasteiger partial charge on any atom is 0.195 e. The molecule has 4 heteroatoms. The average Bonchev–Trinajstić information content (AvgIpc) is 2.46. The normalized spacial score (nSPS) is 10.2. The Balaban J connectivity index is 2.37. The molecule has 0 aliphatic carbocycles. The molecule has 0 heterocycles. The summed E-state index contributed by atoms with van der Waals surface area (Å²) in [6, 6.07) is 14.6. The van der Waals surface area contributed by atoms with Gasteiger partial charge in [-0.15, -0.1) is 0 Å². The number of benzene rings is 2. The van der Waals surface area contributed by atoms with Crippen molar-refractivity contribution >= 4 is 45.7 Å². The second-order valence-electron chi connectivity index (χ2n) is 4.00. The topological polar surface area (TPSA) is 29.1 Å². The molecule has 0 unspecified atom stereocenters. The summed E-state index contributed by atoms with van der Waals surface area (Å²) < 4.78 is 0.972. The number of hydrogen-bond acceptors (Lipinski definition) is 2. The second kappa shape index (κ2) is 6.91. The third kappa shape index (κ3) is 3.70. The van der Waals surface area contributed by atoms with E-state index in [-0.39, 0.29) is 5.78 Å². The van der Waals surface area contributed by atoms with Crippen LogP contribution in [-0.2, 0) is 0 Å². The zero-order valence-corrected chi connectivity index (χ0v) is 13.1. The van der Waals surface area contributed by atoms with E-state index in [9.17, 15) is 4.79 Å². The molecule has 1 N–H and O–H groups in total. The molecule has 0 saturated heterocycles. The molecule has 98 valence electrons. The second-order valence-corrected chi connectivity index (χ2v) is 5.52. The Kier molecular flexibility index (Phi) is 5.22. The van der Waals surface area contributed by atoms with Crippen LogP contribution < -0.4 is 5.32 Å². The largest absolute Gasteiger partial charge is 0.384 e. The van der Waals surface area contributed by atoms with E-state index in [1.165, 1.54) is 0 Å². The molecular weight excluding hydrogens is 373 g/mol. The summed E-state index contributed by atoms with van der Waals surface area (Å²) in [7, 11) is 0. The number of nitrogens with one attached hydrogen (secondary N) is 1. The fourth-order valence-corrected chi connectivity index (χ4v) is 2.23. The number of anilines is 1. The monoisotopic (exact) mass is 385 g/mol. The number of rotatable bonds is 5. The van der Waals surface area contributed by atoms with E-state index >= 15 is 0 Å². The summed E-state index contributed by atoms with van der Waals surface area (Å²) in [5.41, 5.74) is 2.11. The molecule has 0 aliphatic heterocycles. The molecule has 0 saturated carbocycles. The van der Waals surface area contributed by atoms with Crippen molar-refractivity contribution < 1.29 is 4.79 Å². The zero-order valence-electron chi connectivity index (χ0n) is 10.2. The molecule has 2 aromatic rings. The summed E-state index contributed by atoms with van der Waals surface area (Å²) in [6.45, 7) is 0.817. The summed E-state index contributed by atoms with van der Waals surface area (Å²) in [4.78, 5) is 12.5. The van der Waals surface area contributed by atoms with E-state index < -0.39 is 0 Å². The van der Waals surface area contributed by atoms with Crippen LogP contribution in [-0.4, -0.2) is 16.8 Å². The standard InChI is InChI=1S/C15H13ClINO/c16-12-6-7-14(18-9-8-17)13(10-12)15(19)11-4-2-1-3-5-11/h1-7,10,18H,8-9H2. The van der Waals surface area contributed by atoms with Crippen LogP contribution in [0.5, 0.6) is 0 Å². The van der Waals surface area contributed by atoms with Crippen LogP contribution >= 0.6 is 34.2 Å². The van der Waals surface area contributed by atoms with Gasteiger partial charge in [-0.2, -0.15) is 0 Å². The predicted octanol–water partition coefficient (Wildman–Crippen LogP) is 4.42. The van der Waals surface area contributed by atoms with Crippen LogP contribution in [0.25, 0.3) is 0 Å². The van der Waals surface area contributed by atoms with Crippen molar-refractivity contribution in [2.45, 2.75) is 0 Å². The lowest BCUT2D eigenvalue weighted by Crippen LogP contribution is -2.09.